The minimum absolute atomic E-state index is 0.134. The normalized spacial score (nSPS) is 22.9. The van der Waals surface area contributed by atoms with Crippen LogP contribution in [0.5, 0.6) is 0 Å². The number of nitrogens with one attached hydrogen (secondary N) is 2. The van der Waals surface area contributed by atoms with E-state index in [0.29, 0.717) is 17.3 Å². The van der Waals surface area contributed by atoms with E-state index in [4.69, 9.17) is 0 Å². The monoisotopic (exact) mass is 339 g/mol. The fraction of sp³-hybridized carbons (Fsp3) is 0.588. The van der Waals surface area contributed by atoms with Crippen LogP contribution in [0.25, 0.3) is 0 Å². The van der Waals surface area contributed by atoms with Crippen molar-refractivity contribution < 1.29 is 9.50 Å². The van der Waals surface area contributed by atoms with Crippen LogP contribution < -0.4 is 10.6 Å². The van der Waals surface area contributed by atoms with Gasteiger partial charge in [0, 0.05) is 23.4 Å². The van der Waals surface area contributed by atoms with Gasteiger partial charge in [0.25, 0.3) is 0 Å². The first kappa shape index (κ1) is 18.1. The van der Waals surface area contributed by atoms with Crippen molar-refractivity contribution in [3.05, 3.63) is 35.6 Å². The van der Waals surface area contributed by atoms with E-state index in [1.54, 1.807) is 18.2 Å². The van der Waals surface area contributed by atoms with E-state index in [1.165, 1.54) is 12.5 Å². The molecule has 0 bridgehead atoms. The SMILES string of the molecule is CCNC(=NCC(O)c1ccccc1F)NC1CCC(SC)C1. The fourth-order valence-electron chi connectivity index (χ4n) is 2.82. The molecule has 1 aliphatic carbocycles. The number of halogens is 1. The van der Waals surface area contributed by atoms with Crippen LogP contribution in [-0.4, -0.2) is 41.7 Å². The molecule has 2 rings (SSSR count). The molecule has 1 fully saturated rings. The molecule has 1 aromatic rings. The standard InChI is InChI=1S/C17H26FN3OS/c1-3-19-17(21-12-8-9-13(10-12)23-2)20-11-16(22)14-6-4-5-7-15(14)18/h4-7,12-13,16,22H,3,8-11H2,1-2H3,(H2,19,20,21). The third kappa shape index (κ3) is 5.39. The van der Waals surface area contributed by atoms with Gasteiger partial charge >= 0.3 is 0 Å². The summed E-state index contributed by atoms with van der Waals surface area (Å²) in [5.41, 5.74) is 0.287. The summed E-state index contributed by atoms with van der Waals surface area (Å²) in [5, 5.41) is 17.5. The van der Waals surface area contributed by atoms with Gasteiger partial charge in [-0.05, 0) is 38.5 Å². The van der Waals surface area contributed by atoms with Crippen LogP contribution in [0.3, 0.4) is 0 Å². The molecule has 3 unspecified atom stereocenters. The number of hydrogen-bond donors (Lipinski definition) is 3. The maximum atomic E-state index is 13.7. The van der Waals surface area contributed by atoms with E-state index < -0.39 is 11.9 Å². The molecular weight excluding hydrogens is 313 g/mol. The summed E-state index contributed by atoms with van der Waals surface area (Å²) in [6.07, 6.45) is 4.69. The molecule has 23 heavy (non-hydrogen) atoms. The zero-order chi connectivity index (χ0) is 16.7. The molecule has 0 aromatic heterocycles. The molecule has 0 saturated heterocycles. The largest absolute Gasteiger partial charge is 0.386 e. The summed E-state index contributed by atoms with van der Waals surface area (Å²) in [4.78, 5) is 4.42. The lowest BCUT2D eigenvalue weighted by atomic mass is 10.1. The van der Waals surface area contributed by atoms with E-state index in [-0.39, 0.29) is 12.1 Å². The van der Waals surface area contributed by atoms with E-state index in [0.717, 1.165) is 19.4 Å². The van der Waals surface area contributed by atoms with Crippen molar-refractivity contribution in [2.45, 2.75) is 43.6 Å². The number of rotatable bonds is 6. The summed E-state index contributed by atoms with van der Waals surface area (Å²) >= 11 is 1.91. The van der Waals surface area contributed by atoms with Crippen LogP contribution in [0.2, 0.25) is 0 Å². The van der Waals surface area contributed by atoms with E-state index >= 15 is 0 Å². The van der Waals surface area contributed by atoms with Gasteiger partial charge in [0.05, 0.1) is 6.54 Å². The van der Waals surface area contributed by atoms with Crippen LogP contribution in [0.4, 0.5) is 4.39 Å². The second-order valence-electron chi connectivity index (χ2n) is 5.77. The number of aliphatic hydroxyl groups is 1. The molecule has 4 nitrogen and oxygen atoms in total. The van der Waals surface area contributed by atoms with Crippen molar-refractivity contribution in [2.24, 2.45) is 4.99 Å². The molecule has 0 amide bonds. The second-order valence-corrected chi connectivity index (χ2v) is 6.91. The Morgan fingerprint density at radius 3 is 2.87 bits per heavy atom. The molecular formula is C17H26FN3OS. The minimum atomic E-state index is -0.936. The van der Waals surface area contributed by atoms with Crippen molar-refractivity contribution in [3.8, 4) is 0 Å². The average Bonchev–Trinajstić information content (AvgIpc) is 3.00. The minimum Gasteiger partial charge on any atom is -0.386 e. The topological polar surface area (TPSA) is 56.7 Å². The van der Waals surface area contributed by atoms with Gasteiger partial charge in [-0.3, -0.25) is 4.99 Å². The van der Waals surface area contributed by atoms with Crippen molar-refractivity contribution in [1.29, 1.82) is 0 Å². The van der Waals surface area contributed by atoms with E-state index in [1.807, 2.05) is 18.7 Å². The molecule has 3 N–H and O–H groups in total. The number of aliphatic hydroxyl groups excluding tert-OH is 1. The number of benzene rings is 1. The van der Waals surface area contributed by atoms with Crippen molar-refractivity contribution >= 4 is 17.7 Å². The number of aliphatic imine (C=N–C) groups is 1. The average molecular weight is 339 g/mol. The quantitative estimate of drug-likeness (QED) is 0.551. The third-order valence-electron chi connectivity index (χ3n) is 4.09. The molecule has 1 aromatic carbocycles. The summed E-state index contributed by atoms with van der Waals surface area (Å²) in [6, 6.07) is 6.69. The van der Waals surface area contributed by atoms with Crippen molar-refractivity contribution in [2.75, 3.05) is 19.3 Å². The lowest BCUT2D eigenvalue weighted by molar-refractivity contribution is 0.182. The summed E-state index contributed by atoms with van der Waals surface area (Å²) in [7, 11) is 0. The highest BCUT2D eigenvalue weighted by molar-refractivity contribution is 7.99. The molecule has 0 aliphatic heterocycles. The molecule has 0 spiro atoms. The molecule has 1 saturated carbocycles. The predicted molar refractivity (Wildman–Crippen MR) is 95.4 cm³/mol. The Hall–Kier alpha value is -1.27. The van der Waals surface area contributed by atoms with Crippen molar-refractivity contribution in [1.82, 2.24) is 10.6 Å². The van der Waals surface area contributed by atoms with Gasteiger partial charge in [0.15, 0.2) is 5.96 Å². The van der Waals surface area contributed by atoms with E-state index in [2.05, 4.69) is 21.9 Å². The highest BCUT2D eigenvalue weighted by atomic mass is 32.2. The lowest BCUT2D eigenvalue weighted by Crippen LogP contribution is -2.42. The molecule has 3 atom stereocenters. The van der Waals surface area contributed by atoms with Crippen molar-refractivity contribution in [3.63, 3.8) is 0 Å². The molecule has 0 radical (unpaired) electrons. The Labute approximate surface area is 142 Å². The summed E-state index contributed by atoms with van der Waals surface area (Å²) < 4.78 is 13.7. The van der Waals surface area contributed by atoms with Gasteiger partial charge in [0.1, 0.15) is 11.9 Å². The molecule has 1 aliphatic rings. The van der Waals surface area contributed by atoms with Gasteiger partial charge in [-0.1, -0.05) is 18.2 Å². The maximum absolute atomic E-state index is 13.7. The molecule has 0 heterocycles. The Balaban J connectivity index is 1.94. The second kappa shape index (κ2) is 9.13. The van der Waals surface area contributed by atoms with Gasteiger partial charge in [-0.25, -0.2) is 4.39 Å². The van der Waals surface area contributed by atoms with Gasteiger partial charge in [-0.2, -0.15) is 11.8 Å². The van der Waals surface area contributed by atoms with Crippen LogP contribution in [0.15, 0.2) is 29.3 Å². The number of hydrogen-bond acceptors (Lipinski definition) is 3. The van der Waals surface area contributed by atoms with Crippen LogP contribution in [-0.2, 0) is 0 Å². The number of thioether (sulfide) groups is 1. The van der Waals surface area contributed by atoms with E-state index in [9.17, 15) is 9.50 Å². The Kier molecular flexibility index (Phi) is 7.17. The van der Waals surface area contributed by atoms with Gasteiger partial charge < -0.3 is 15.7 Å². The Morgan fingerprint density at radius 2 is 2.22 bits per heavy atom. The van der Waals surface area contributed by atoms with Gasteiger partial charge in [0.2, 0.25) is 0 Å². The first-order chi connectivity index (χ1) is 11.1. The smallest absolute Gasteiger partial charge is 0.191 e. The van der Waals surface area contributed by atoms with Gasteiger partial charge in [-0.15, -0.1) is 0 Å². The Bertz CT molecular complexity index is 526. The van der Waals surface area contributed by atoms with Crippen LogP contribution >= 0.6 is 11.8 Å². The predicted octanol–water partition coefficient (Wildman–Crippen LogP) is 2.70. The van der Waals surface area contributed by atoms with Crippen LogP contribution in [0, 0.1) is 5.82 Å². The Morgan fingerprint density at radius 1 is 1.43 bits per heavy atom. The van der Waals surface area contributed by atoms with Crippen LogP contribution in [0.1, 0.15) is 37.9 Å². The zero-order valence-electron chi connectivity index (χ0n) is 13.8. The third-order valence-corrected chi connectivity index (χ3v) is 5.18. The first-order valence-corrected chi connectivity index (χ1v) is 9.43. The molecule has 6 heteroatoms. The first-order valence-electron chi connectivity index (χ1n) is 8.14. The highest BCUT2D eigenvalue weighted by Gasteiger charge is 2.24. The summed E-state index contributed by atoms with van der Waals surface area (Å²) in [6.45, 7) is 2.89. The summed E-state index contributed by atoms with van der Waals surface area (Å²) in [5.74, 6) is 0.293. The number of guanidine groups is 1. The lowest BCUT2D eigenvalue weighted by Gasteiger charge is -2.18. The molecule has 128 valence electrons. The highest BCUT2D eigenvalue weighted by Crippen LogP contribution is 2.28. The fourth-order valence-corrected chi connectivity index (χ4v) is 3.62. The number of nitrogens with zero attached hydrogens (tertiary/aromatic N) is 1. The maximum Gasteiger partial charge on any atom is 0.191 e. The zero-order valence-corrected chi connectivity index (χ0v) is 14.6.